The van der Waals surface area contributed by atoms with Crippen molar-refractivity contribution in [1.29, 1.82) is 0 Å². The standard InChI is InChI=1S/C18H18N4O3S/c1-20(11-17-19-15-5-3-4-6-16(15)26-17)12-18(23)21(2)13-7-9-14(10-8-13)22(24)25/h3-10H,11-12H2,1-2H3. The SMILES string of the molecule is CN(CC(=O)N(C)c1ccc([N+](=O)[O-])cc1)Cc1nc2ccccc2s1. The normalized spacial score (nSPS) is 11.0. The summed E-state index contributed by atoms with van der Waals surface area (Å²) in [5, 5.41) is 11.7. The molecule has 7 nitrogen and oxygen atoms in total. The molecule has 0 aliphatic carbocycles. The molecule has 1 aromatic heterocycles. The van der Waals surface area contributed by atoms with Crippen LogP contribution in [-0.4, -0.2) is 41.4 Å². The summed E-state index contributed by atoms with van der Waals surface area (Å²) in [5.74, 6) is -0.0949. The summed E-state index contributed by atoms with van der Waals surface area (Å²) in [4.78, 5) is 30.7. The molecule has 134 valence electrons. The van der Waals surface area contributed by atoms with E-state index in [0.717, 1.165) is 15.2 Å². The van der Waals surface area contributed by atoms with Gasteiger partial charge in [0.05, 0.1) is 28.2 Å². The van der Waals surface area contributed by atoms with Crippen LogP contribution < -0.4 is 4.90 Å². The molecule has 3 aromatic rings. The minimum atomic E-state index is -0.461. The van der Waals surface area contributed by atoms with Crippen LogP contribution >= 0.6 is 11.3 Å². The largest absolute Gasteiger partial charge is 0.314 e. The quantitative estimate of drug-likeness (QED) is 0.491. The first kappa shape index (κ1) is 18.0. The lowest BCUT2D eigenvalue weighted by Gasteiger charge is -2.21. The number of hydrogen-bond donors (Lipinski definition) is 0. The van der Waals surface area contributed by atoms with Crippen molar-refractivity contribution in [3.8, 4) is 0 Å². The van der Waals surface area contributed by atoms with Crippen LogP contribution in [0, 0.1) is 10.1 Å². The molecule has 1 amide bonds. The zero-order valence-corrected chi connectivity index (χ0v) is 15.3. The van der Waals surface area contributed by atoms with Crippen molar-refractivity contribution in [2.24, 2.45) is 0 Å². The van der Waals surface area contributed by atoms with E-state index in [2.05, 4.69) is 4.98 Å². The van der Waals surface area contributed by atoms with Gasteiger partial charge in [0.2, 0.25) is 5.91 Å². The van der Waals surface area contributed by atoms with Crippen molar-refractivity contribution in [2.75, 3.05) is 25.5 Å². The number of para-hydroxylation sites is 1. The minimum Gasteiger partial charge on any atom is -0.314 e. The van der Waals surface area contributed by atoms with Gasteiger partial charge in [0, 0.05) is 24.9 Å². The van der Waals surface area contributed by atoms with Gasteiger partial charge < -0.3 is 4.90 Å². The van der Waals surface area contributed by atoms with Crippen molar-refractivity contribution in [3.63, 3.8) is 0 Å². The number of carbonyl (C=O) groups excluding carboxylic acids is 1. The Morgan fingerprint density at radius 1 is 1.15 bits per heavy atom. The number of nitro benzene ring substituents is 1. The lowest BCUT2D eigenvalue weighted by molar-refractivity contribution is -0.384. The van der Waals surface area contributed by atoms with E-state index in [1.807, 2.05) is 36.2 Å². The number of anilines is 1. The van der Waals surface area contributed by atoms with Crippen LogP contribution in [0.15, 0.2) is 48.5 Å². The highest BCUT2D eigenvalue weighted by atomic mass is 32.1. The van der Waals surface area contributed by atoms with Gasteiger partial charge in [-0.25, -0.2) is 4.98 Å². The fraction of sp³-hybridized carbons (Fsp3) is 0.222. The summed E-state index contributed by atoms with van der Waals surface area (Å²) in [5.41, 5.74) is 1.59. The number of aromatic nitrogens is 1. The third kappa shape index (κ3) is 4.04. The monoisotopic (exact) mass is 370 g/mol. The average Bonchev–Trinajstić information content (AvgIpc) is 3.03. The second-order valence-corrected chi connectivity index (χ2v) is 7.09. The molecule has 1 heterocycles. The highest BCUT2D eigenvalue weighted by molar-refractivity contribution is 7.18. The molecule has 0 fully saturated rings. The Balaban J connectivity index is 1.61. The third-order valence-corrected chi connectivity index (χ3v) is 4.99. The van der Waals surface area contributed by atoms with E-state index in [4.69, 9.17) is 0 Å². The maximum absolute atomic E-state index is 12.5. The second kappa shape index (κ2) is 7.59. The fourth-order valence-corrected chi connectivity index (χ4v) is 3.60. The molecule has 0 radical (unpaired) electrons. The van der Waals surface area contributed by atoms with Gasteiger partial charge in [-0.15, -0.1) is 11.3 Å². The molecule has 8 heteroatoms. The molecule has 0 aliphatic heterocycles. The number of hydrogen-bond acceptors (Lipinski definition) is 6. The number of carbonyl (C=O) groups is 1. The van der Waals surface area contributed by atoms with Gasteiger partial charge in [-0.05, 0) is 31.3 Å². The van der Waals surface area contributed by atoms with Crippen LogP contribution in [0.4, 0.5) is 11.4 Å². The fourth-order valence-electron chi connectivity index (χ4n) is 2.55. The first-order valence-corrected chi connectivity index (χ1v) is 8.79. The Hall–Kier alpha value is -2.84. The lowest BCUT2D eigenvalue weighted by Crippen LogP contribution is -2.36. The molecular weight excluding hydrogens is 352 g/mol. The van der Waals surface area contributed by atoms with Gasteiger partial charge in [-0.2, -0.15) is 0 Å². The van der Waals surface area contributed by atoms with Crippen LogP contribution in [0.1, 0.15) is 5.01 Å². The number of non-ortho nitro benzene ring substituents is 1. The third-order valence-electron chi connectivity index (χ3n) is 3.97. The molecule has 2 aromatic carbocycles. The number of likely N-dealkylation sites (N-methyl/N-ethyl adjacent to an activating group) is 2. The van der Waals surface area contributed by atoms with Gasteiger partial charge in [0.1, 0.15) is 5.01 Å². The molecule has 0 saturated carbocycles. The molecule has 0 aliphatic rings. The Labute approximate surface area is 154 Å². The summed E-state index contributed by atoms with van der Waals surface area (Å²) >= 11 is 1.62. The number of rotatable bonds is 6. The van der Waals surface area contributed by atoms with Crippen LogP contribution in [-0.2, 0) is 11.3 Å². The number of thiazole rings is 1. The lowest BCUT2D eigenvalue weighted by atomic mass is 10.2. The topological polar surface area (TPSA) is 79.6 Å². The molecule has 26 heavy (non-hydrogen) atoms. The Bertz CT molecular complexity index is 906. The summed E-state index contributed by atoms with van der Waals surface area (Å²) in [6.45, 7) is 0.808. The summed E-state index contributed by atoms with van der Waals surface area (Å²) < 4.78 is 1.13. The van der Waals surface area contributed by atoms with Crippen LogP contribution in [0.25, 0.3) is 10.2 Å². The van der Waals surface area contributed by atoms with Crippen molar-refractivity contribution in [2.45, 2.75) is 6.54 Å². The van der Waals surface area contributed by atoms with Gasteiger partial charge in [0.25, 0.3) is 5.69 Å². The molecule has 0 spiro atoms. The van der Waals surface area contributed by atoms with E-state index >= 15 is 0 Å². The maximum Gasteiger partial charge on any atom is 0.269 e. The van der Waals surface area contributed by atoms with Crippen molar-refractivity contribution < 1.29 is 9.72 Å². The first-order chi connectivity index (χ1) is 12.4. The first-order valence-electron chi connectivity index (χ1n) is 7.98. The van der Waals surface area contributed by atoms with Crippen LogP contribution in [0.2, 0.25) is 0 Å². The second-order valence-electron chi connectivity index (χ2n) is 5.97. The molecule has 0 N–H and O–H groups in total. The molecule has 0 unspecified atom stereocenters. The number of amides is 1. The van der Waals surface area contributed by atoms with Gasteiger partial charge in [0.15, 0.2) is 0 Å². The number of nitrogens with zero attached hydrogens (tertiary/aromatic N) is 4. The summed E-state index contributed by atoms with van der Waals surface area (Å²) in [6, 6.07) is 13.9. The number of fused-ring (bicyclic) bond motifs is 1. The van der Waals surface area contributed by atoms with E-state index in [1.54, 1.807) is 30.5 Å². The van der Waals surface area contributed by atoms with Crippen molar-refractivity contribution >= 4 is 38.8 Å². The van der Waals surface area contributed by atoms with Gasteiger partial charge >= 0.3 is 0 Å². The summed E-state index contributed by atoms with van der Waals surface area (Å²) in [7, 11) is 3.53. The zero-order chi connectivity index (χ0) is 18.7. The molecule has 3 rings (SSSR count). The van der Waals surface area contributed by atoms with Crippen LogP contribution in [0.5, 0.6) is 0 Å². The van der Waals surface area contributed by atoms with Gasteiger partial charge in [-0.1, -0.05) is 12.1 Å². The van der Waals surface area contributed by atoms with E-state index in [9.17, 15) is 14.9 Å². The summed E-state index contributed by atoms with van der Waals surface area (Å²) in [6.07, 6.45) is 0. The van der Waals surface area contributed by atoms with Crippen molar-refractivity contribution in [3.05, 3.63) is 63.7 Å². The maximum atomic E-state index is 12.5. The highest BCUT2D eigenvalue weighted by Crippen LogP contribution is 2.22. The molecule has 0 atom stereocenters. The Morgan fingerprint density at radius 2 is 1.85 bits per heavy atom. The number of benzene rings is 2. The van der Waals surface area contributed by atoms with Crippen LogP contribution in [0.3, 0.4) is 0 Å². The highest BCUT2D eigenvalue weighted by Gasteiger charge is 2.16. The van der Waals surface area contributed by atoms with E-state index in [-0.39, 0.29) is 18.1 Å². The molecule has 0 bridgehead atoms. The predicted octanol–water partition coefficient (Wildman–Crippen LogP) is 3.30. The molecule has 0 saturated heterocycles. The molecular formula is C18H18N4O3S. The van der Waals surface area contributed by atoms with Crippen molar-refractivity contribution in [1.82, 2.24) is 9.88 Å². The van der Waals surface area contributed by atoms with E-state index in [0.29, 0.717) is 12.2 Å². The smallest absolute Gasteiger partial charge is 0.269 e. The number of nitro groups is 1. The predicted molar refractivity (Wildman–Crippen MR) is 102 cm³/mol. The Kier molecular flexibility index (Phi) is 5.24. The van der Waals surface area contributed by atoms with E-state index < -0.39 is 4.92 Å². The van der Waals surface area contributed by atoms with Gasteiger partial charge in [-0.3, -0.25) is 19.8 Å². The Morgan fingerprint density at radius 3 is 2.50 bits per heavy atom. The van der Waals surface area contributed by atoms with E-state index in [1.165, 1.54) is 17.0 Å². The average molecular weight is 370 g/mol. The minimum absolute atomic E-state index is 0.00236. The zero-order valence-electron chi connectivity index (χ0n) is 14.5.